The molecule has 2 aromatic rings. The number of nitrogens with two attached hydrogens (primary N) is 1. The largest absolute Gasteiger partial charge is 0.399 e. The lowest BCUT2D eigenvalue weighted by Crippen LogP contribution is -2.28. The van der Waals surface area contributed by atoms with Crippen molar-refractivity contribution in [2.75, 3.05) is 16.4 Å². The highest BCUT2D eigenvalue weighted by molar-refractivity contribution is 8.00. The Morgan fingerprint density at radius 1 is 1.14 bits per heavy atom. The number of amides is 1. The predicted octanol–water partition coefficient (Wildman–Crippen LogP) is 3.66. The molecule has 108 valence electrons. The molecule has 1 aliphatic heterocycles. The zero-order valence-corrected chi connectivity index (χ0v) is 13.0. The molecule has 1 fully saturated rings. The number of hydrogen-bond donors (Lipinski definition) is 1. The van der Waals surface area contributed by atoms with Crippen molar-refractivity contribution in [2.45, 2.75) is 19.2 Å². The quantitative estimate of drug-likeness (QED) is 0.861. The second-order valence-corrected chi connectivity index (χ2v) is 6.38. The van der Waals surface area contributed by atoms with E-state index >= 15 is 0 Å². The summed E-state index contributed by atoms with van der Waals surface area (Å²) in [4.78, 5) is 14.3. The molecule has 2 N–H and O–H groups in total. The van der Waals surface area contributed by atoms with Crippen molar-refractivity contribution in [3.05, 3.63) is 59.2 Å². The highest BCUT2D eigenvalue weighted by atomic mass is 32.2. The van der Waals surface area contributed by atoms with Gasteiger partial charge in [0.15, 0.2) is 0 Å². The van der Waals surface area contributed by atoms with Gasteiger partial charge < -0.3 is 5.73 Å². The Morgan fingerprint density at radius 3 is 2.57 bits per heavy atom. The molecule has 0 spiro atoms. The van der Waals surface area contributed by atoms with Crippen molar-refractivity contribution >= 4 is 29.0 Å². The fourth-order valence-corrected chi connectivity index (χ4v) is 3.76. The molecule has 1 saturated heterocycles. The number of hydrogen-bond acceptors (Lipinski definition) is 3. The number of anilines is 2. The summed E-state index contributed by atoms with van der Waals surface area (Å²) in [6.07, 6.45) is 0. The van der Waals surface area contributed by atoms with Gasteiger partial charge in [0.05, 0.1) is 5.75 Å². The highest BCUT2D eigenvalue weighted by Gasteiger charge is 2.34. The van der Waals surface area contributed by atoms with Gasteiger partial charge in [-0.1, -0.05) is 24.3 Å². The third kappa shape index (κ3) is 2.51. The fraction of sp³-hybridized carbons (Fsp3) is 0.235. The van der Waals surface area contributed by atoms with Crippen molar-refractivity contribution in [1.82, 2.24) is 0 Å². The number of thioether (sulfide) groups is 1. The van der Waals surface area contributed by atoms with Crippen LogP contribution in [0.3, 0.4) is 0 Å². The number of aryl methyl sites for hydroxylation is 1. The maximum absolute atomic E-state index is 12.4. The third-order valence-corrected chi connectivity index (χ3v) is 5.14. The average molecular weight is 298 g/mol. The van der Waals surface area contributed by atoms with Crippen LogP contribution in [0.5, 0.6) is 0 Å². The fourth-order valence-electron chi connectivity index (χ4n) is 2.59. The van der Waals surface area contributed by atoms with Crippen LogP contribution in [0.1, 0.15) is 22.1 Å². The van der Waals surface area contributed by atoms with Gasteiger partial charge in [0.25, 0.3) is 0 Å². The van der Waals surface area contributed by atoms with Crippen LogP contribution in [0.15, 0.2) is 42.5 Å². The van der Waals surface area contributed by atoms with Gasteiger partial charge >= 0.3 is 0 Å². The van der Waals surface area contributed by atoms with Crippen LogP contribution >= 0.6 is 11.8 Å². The zero-order valence-electron chi connectivity index (χ0n) is 12.2. The summed E-state index contributed by atoms with van der Waals surface area (Å²) in [6.45, 7) is 4.14. The van der Waals surface area contributed by atoms with Gasteiger partial charge in [0.1, 0.15) is 5.37 Å². The molecule has 3 nitrogen and oxygen atoms in total. The summed E-state index contributed by atoms with van der Waals surface area (Å²) < 4.78 is 0. The number of nitrogens with zero attached hydrogens (tertiary/aromatic N) is 1. The summed E-state index contributed by atoms with van der Waals surface area (Å²) >= 11 is 1.66. The molecule has 1 heterocycles. The Hall–Kier alpha value is -1.94. The highest BCUT2D eigenvalue weighted by Crippen LogP contribution is 2.43. The van der Waals surface area contributed by atoms with Crippen LogP contribution in [0, 0.1) is 13.8 Å². The summed E-state index contributed by atoms with van der Waals surface area (Å²) in [5.74, 6) is 0.679. The van der Waals surface area contributed by atoms with E-state index in [0.717, 1.165) is 22.5 Å². The minimum Gasteiger partial charge on any atom is -0.399 e. The number of carbonyl (C=O) groups is 1. The molecule has 0 radical (unpaired) electrons. The second kappa shape index (κ2) is 5.45. The standard InChI is InChI=1S/C17H18N2OS/c1-11-4-3-5-15(12(11)2)19-16(20)10-21-17(19)13-6-8-14(18)9-7-13/h3-9,17H,10,18H2,1-2H3/t17-/m1/s1. The Kier molecular flexibility index (Phi) is 3.64. The Bertz CT molecular complexity index is 682. The molecule has 3 rings (SSSR count). The van der Waals surface area contributed by atoms with Crippen LogP contribution < -0.4 is 10.6 Å². The summed E-state index contributed by atoms with van der Waals surface area (Å²) in [5, 5.41) is 0.0265. The van der Waals surface area contributed by atoms with Crippen molar-refractivity contribution < 1.29 is 4.79 Å². The van der Waals surface area contributed by atoms with E-state index in [1.165, 1.54) is 5.56 Å². The molecule has 21 heavy (non-hydrogen) atoms. The van der Waals surface area contributed by atoms with Gasteiger partial charge in [-0.2, -0.15) is 0 Å². The van der Waals surface area contributed by atoms with Gasteiger partial charge in [-0.3, -0.25) is 9.69 Å². The molecule has 0 unspecified atom stereocenters. The van der Waals surface area contributed by atoms with Crippen molar-refractivity contribution in [1.29, 1.82) is 0 Å². The van der Waals surface area contributed by atoms with E-state index in [0.29, 0.717) is 5.75 Å². The SMILES string of the molecule is Cc1cccc(N2C(=O)CS[C@@H]2c2ccc(N)cc2)c1C. The molecule has 2 aromatic carbocycles. The molecule has 0 saturated carbocycles. The minimum absolute atomic E-state index is 0.0265. The van der Waals surface area contributed by atoms with Crippen molar-refractivity contribution in [2.24, 2.45) is 0 Å². The van der Waals surface area contributed by atoms with Crippen molar-refractivity contribution in [3.8, 4) is 0 Å². The zero-order chi connectivity index (χ0) is 15.0. The van der Waals surface area contributed by atoms with Crippen molar-refractivity contribution in [3.63, 3.8) is 0 Å². The number of carbonyl (C=O) groups excluding carboxylic acids is 1. The van der Waals surface area contributed by atoms with Gasteiger partial charge in [-0.15, -0.1) is 11.8 Å². The molecule has 1 aliphatic rings. The van der Waals surface area contributed by atoms with Gasteiger partial charge in [0.2, 0.25) is 5.91 Å². The smallest absolute Gasteiger partial charge is 0.238 e. The first kappa shape index (κ1) is 14.0. The lowest BCUT2D eigenvalue weighted by atomic mass is 10.1. The van der Waals surface area contributed by atoms with E-state index in [-0.39, 0.29) is 11.3 Å². The van der Waals surface area contributed by atoms with Crippen LogP contribution in [0.25, 0.3) is 0 Å². The van der Waals surface area contributed by atoms with E-state index in [4.69, 9.17) is 5.73 Å². The minimum atomic E-state index is 0.0265. The Labute approximate surface area is 129 Å². The second-order valence-electron chi connectivity index (χ2n) is 5.31. The molecule has 0 aliphatic carbocycles. The van der Waals surface area contributed by atoms with E-state index in [9.17, 15) is 4.79 Å². The van der Waals surface area contributed by atoms with Crippen LogP contribution in [0.2, 0.25) is 0 Å². The average Bonchev–Trinajstić information content (AvgIpc) is 2.85. The van der Waals surface area contributed by atoms with Gasteiger partial charge in [-0.05, 0) is 48.7 Å². The van der Waals surface area contributed by atoms with E-state index in [1.54, 1.807) is 11.8 Å². The third-order valence-electron chi connectivity index (χ3n) is 3.93. The first-order valence-corrected chi connectivity index (χ1v) is 7.98. The Morgan fingerprint density at radius 2 is 1.86 bits per heavy atom. The molecule has 4 heteroatoms. The molecule has 1 atom stereocenters. The first-order chi connectivity index (χ1) is 10.1. The molecular weight excluding hydrogens is 280 g/mol. The maximum Gasteiger partial charge on any atom is 0.238 e. The van der Waals surface area contributed by atoms with Gasteiger partial charge in [-0.25, -0.2) is 0 Å². The van der Waals surface area contributed by atoms with Crippen LogP contribution in [0.4, 0.5) is 11.4 Å². The normalized spacial score (nSPS) is 18.3. The van der Waals surface area contributed by atoms with Gasteiger partial charge in [0, 0.05) is 11.4 Å². The molecule has 0 aromatic heterocycles. The lowest BCUT2D eigenvalue weighted by molar-refractivity contribution is -0.115. The lowest BCUT2D eigenvalue weighted by Gasteiger charge is -2.26. The molecule has 0 bridgehead atoms. The van der Waals surface area contributed by atoms with Crippen LogP contribution in [-0.4, -0.2) is 11.7 Å². The maximum atomic E-state index is 12.4. The molecular formula is C17H18N2OS. The molecule has 1 amide bonds. The van der Waals surface area contributed by atoms with E-state index in [2.05, 4.69) is 19.9 Å². The first-order valence-electron chi connectivity index (χ1n) is 6.93. The Balaban J connectivity index is 2.04. The number of nitrogen functional groups attached to an aromatic ring is 1. The van der Waals surface area contributed by atoms with E-state index in [1.807, 2.05) is 41.3 Å². The summed E-state index contributed by atoms with van der Waals surface area (Å²) in [6, 6.07) is 13.9. The summed E-state index contributed by atoms with van der Waals surface area (Å²) in [5.41, 5.74) is 11.0. The predicted molar refractivity (Wildman–Crippen MR) is 89.5 cm³/mol. The summed E-state index contributed by atoms with van der Waals surface area (Å²) in [7, 11) is 0. The van der Waals surface area contributed by atoms with E-state index < -0.39 is 0 Å². The topological polar surface area (TPSA) is 46.3 Å². The number of rotatable bonds is 2. The van der Waals surface area contributed by atoms with Crippen LogP contribution in [-0.2, 0) is 4.79 Å². The number of benzene rings is 2. The monoisotopic (exact) mass is 298 g/mol.